The SMILES string of the molecule is Brc1ccc(CNCc2nc3ccccc3s2)s1. The Hall–Kier alpha value is -0.750. The Labute approximate surface area is 122 Å². The summed E-state index contributed by atoms with van der Waals surface area (Å²) in [5.74, 6) is 0. The van der Waals surface area contributed by atoms with E-state index >= 15 is 0 Å². The van der Waals surface area contributed by atoms with Gasteiger partial charge in [-0.2, -0.15) is 0 Å². The topological polar surface area (TPSA) is 24.9 Å². The molecule has 1 aromatic carbocycles. The summed E-state index contributed by atoms with van der Waals surface area (Å²) >= 11 is 7.00. The summed E-state index contributed by atoms with van der Waals surface area (Å²) in [6, 6.07) is 12.5. The summed E-state index contributed by atoms with van der Waals surface area (Å²) in [6.45, 7) is 1.72. The lowest BCUT2D eigenvalue weighted by atomic mass is 10.3. The molecule has 3 rings (SSSR count). The molecule has 5 heteroatoms. The van der Waals surface area contributed by atoms with E-state index in [0.29, 0.717) is 0 Å². The molecular formula is C13H11BrN2S2. The Balaban J connectivity index is 1.62. The first kappa shape index (κ1) is 12.3. The minimum atomic E-state index is 0.828. The van der Waals surface area contributed by atoms with E-state index in [-0.39, 0.29) is 0 Å². The van der Waals surface area contributed by atoms with E-state index in [4.69, 9.17) is 0 Å². The fourth-order valence-electron chi connectivity index (χ4n) is 1.73. The van der Waals surface area contributed by atoms with Gasteiger partial charge in [-0.3, -0.25) is 0 Å². The molecule has 2 aromatic heterocycles. The highest BCUT2D eigenvalue weighted by Crippen LogP contribution is 2.23. The van der Waals surface area contributed by atoms with Crippen molar-refractivity contribution in [2.24, 2.45) is 0 Å². The first-order chi connectivity index (χ1) is 8.81. The van der Waals surface area contributed by atoms with Crippen LogP contribution in [0.15, 0.2) is 40.2 Å². The standard InChI is InChI=1S/C13H11BrN2S2/c14-12-6-5-9(17-12)7-15-8-13-16-10-3-1-2-4-11(10)18-13/h1-6,15H,7-8H2. The van der Waals surface area contributed by atoms with E-state index in [1.54, 1.807) is 22.7 Å². The zero-order chi connectivity index (χ0) is 12.4. The molecule has 0 saturated heterocycles. The molecule has 18 heavy (non-hydrogen) atoms. The number of thiazole rings is 1. The highest BCUT2D eigenvalue weighted by atomic mass is 79.9. The average Bonchev–Trinajstić information content (AvgIpc) is 2.95. The number of hydrogen-bond donors (Lipinski definition) is 1. The second kappa shape index (κ2) is 5.48. The molecule has 0 aliphatic rings. The Morgan fingerprint density at radius 2 is 1.94 bits per heavy atom. The number of halogens is 1. The van der Waals surface area contributed by atoms with Crippen LogP contribution >= 0.6 is 38.6 Å². The van der Waals surface area contributed by atoms with Crippen LogP contribution in [0, 0.1) is 0 Å². The number of hydrogen-bond acceptors (Lipinski definition) is 4. The molecule has 0 spiro atoms. The fraction of sp³-hybridized carbons (Fsp3) is 0.154. The third-order valence-corrected chi connectivity index (χ3v) is 5.20. The van der Waals surface area contributed by atoms with Gasteiger partial charge in [0.1, 0.15) is 5.01 Å². The molecule has 2 heterocycles. The maximum atomic E-state index is 4.60. The zero-order valence-electron chi connectivity index (χ0n) is 9.52. The normalized spacial score (nSPS) is 11.2. The van der Waals surface area contributed by atoms with Crippen LogP contribution in [0.25, 0.3) is 10.2 Å². The van der Waals surface area contributed by atoms with Crippen LogP contribution in [0.4, 0.5) is 0 Å². The number of benzene rings is 1. The number of nitrogens with zero attached hydrogens (tertiary/aromatic N) is 1. The lowest BCUT2D eigenvalue weighted by Gasteiger charge is -1.98. The number of rotatable bonds is 4. The van der Waals surface area contributed by atoms with Crippen LogP contribution in [0.1, 0.15) is 9.88 Å². The monoisotopic (exact) mass is 338 g/mol. The van der Waals surface area contributed by atoms with Gasteiger partial charge in [-0.25, -0.2) is 4.98 Å². The highest BCUT2D eigenvalue weighted by Gasteiger charge is 2.03. The molecule has 0 unspecified atom stereocenters. The number of fused-ring (bicyclic) bond motifs is 1. The minimum absolute atomic E-state index is 0.828. The van der Waals surface area contributed by atoms with Crippen molar-refractivity contribution in [2.75, 3.05) is 0 Å². The van der Waals surface area contributed by atoms with E-state index in [2.05, 4.69) is 56.6 Å². The molecule has 0 aliphatic carbocycles. The second-order valence-corrected chi connectivity index (χ2v) is 7.55. The Morgan fingerprint density at radius 3 is 2.72 bits per heavy atom. The van der Waals surface area contributed by atoms with Crippen molar-refractivity contribution in [3.63, 3.8) is 0 Å². The first-order valence-electron chi connectivity index (χ1n) is 5.60. The van der Waals surface area contributed by atoms with Crippen molar-refractivity contribution in [2.45, 2.75) is 13.1 Å². The van der Waals surface area contributed by atoms with Gasteiger partial charge in [-0.05, 0) is 40.2 Å². The zero-order valence-corrected chi connectivity index (χ0v) is 12.7. The molecule has 2 nitrogen and oxygen atoms in total. The van der Waals surface area contributed by atoms with Gasteiger partial charge in [0.15, 0.2) is 0 Å². The van der Waals surface area contributed by atoms with Gasteiger partial charge in [0, 0.05) is 18.0 Å². The molecule has 0 radical (unpaired) electrons. The lowest BCUT2D eigenvalue weighted by molar-refractivity contribution is 0.698. The molecule has 0 amide bonds. The predicted molar refractivity (Wildman–Crippen MR) is 82.2 cm³/mol. The summed E-state index contributed by atoms with van der Waals surface area (Å²) in [6.07, 6.45) is 0. The quantitative estimate of drug-likeness (QED) is 0.762. The van der Waals surface area contributed by atoms with E-state index in [1.165, 1.54) is 13.4 Å². The van der Waals surface area contributed by atoms with E-state index in [9.17, 15) is 0 Å². The largest absolute Gasteiger partial charge is 0.306 e. The minimum Gasteiger partial charge on any atom is -0.306 e. The van der Waals surface area contributed by atoms with Crippen LogP contribution in [0.2, 0.25) is 0 Å². The van der Waals surface area contributed by atoms with Gasteiger partial charge in [-0.1, -0.05) is 12.1 Å². The maximum Gasteiger partial charge on any atom is 0.108 e. The van der Waals surface area contributed by atoms with Crippen molar-refractivity contribution in [3.8, 4) is 0 Å². The number of para-hydroxylation sites is 1. The molecular weight excluding hydrogens is 328 g/mol. The molecule has 0 saturated carbocycles. The summed E-state index contributed by atoms with van der Waals surface area (Å²) < 4.78 is 2.44. The highest BCUT2D eigenvalue weighted by molar-refractivity contribution is 9.11. The molecule has 0 aliphatic heterocycles. The number of nitrogens with one attached hydrogen (secondary N) is 1. The maximum absolute atomic E-state index is 4.60. The van der Waals surface area contributed by atoms with Crippen molar-refractivity contribution >= 4 is 48.8 Å². The van der Waals surface area contributed by atoms with Gasteiger partial charge in [0.25, 0.3) is 0 Å². The Bertz CT molecular complexity index is 627. The van der Waals surface area contributed by atoms with Crippen molar-refractivity contribution in [1.29, 1.82) is 0 Å². The average molecular weight is 339 g/mol. The smallest absolute Gasteiger partial charge is 0.108 e. The van der Waals surface area contributed by atoms with Gasteiger partial charge in [0.2, 0.25) is 0 Å². The van der Waals surface area contributed by atoms with Crippen LogP contribution in [-0.4, -0.2) is 4.98 Å². The van der Waals surface area contributed by atoms with Gasteiger partial charge < -0.3 is 5.32 Å². The Morgan fingerprint density at radius 1 is 1.06 bits per heavy atom. The first-order valence-corrected chi connectivity index (χ1v) is 8.03. The molecule has 0 fully saturated rings. The predicted octanol–water partition coefficient (Wildman–Crippen LogP) is 4.41. The molecule has 92 valence electrons. The summed E-state index contributed by atoms with van der Waals surface area (Å²) in [4.78, 5) is 5.94. The third-order valence-electron chi connectivity index (χ3n) is 2.54. The second-order valence-electron chi connectivity index (χ2n) is 3.88. The van der Waals surface area contributed by atoms with Gasteiger partial charge in [-0.15, -0.1) is 22.7 Å². The van der Waals surface area contributed by atoms with E-state index in [0.717, 1.165) is 23.6 Å². The van der Waals surface area contributed by atoms with Crippen molar-refractivity contribution < 1.29 is 0 Å². The van der Waals surface area contributed by atoms with Crippen LogP contribution < -0.4 is 5.32 Å². The summed E-state index contributed by atoms with van der Waals surface area (Å²) in [5, 5.41) is 4.57. The van der Waals surface area contributed by atoms with Crippen molar-refractivity contribution in [1.82, 2.24) is 10.3 Å². The summed E-state index contributed by atoms with van der Waals surface area (Å²) in [5.41, 5.74) is 1.10. The van der Waals surface area contributed by atoms with Crippen LogP contribution in [-0.2, 0) is 13.1 Å². The molecule has 0 bridgehead atoms. The molecule has 0 atom stereocenters. The number of thiophene rings is 1. The van der Waals surface area contributed by atoms with Crippen molar-refractivity contribution in [3.05, 3.63) is 50.1 Å². The van der Waals surface area contributed by atoms with E-state index < -0.39 is 0 Å². The molecule has 3 aromatic rings. The Kier molecular flexibility index (Phi) is 3.75. The van der Waals surface area contributed by atoms with E-state index in [1.807, 2.05) is 6.07 Å². The van der Waals surface area contributed by atoms with Gasteiger partial charge >= 0.3 is 0 Å². The van der Waals surface area contributed by atoms with Crippen LogP contribution in [0.5, 0.6) is 0 Å². The van der Waals surface area contributed by atoms with Gasteiger partial charge in [0.05, 0.1) is 14.0 Å². The third kappa shape index (κ3) is 2.80. The summed E-state index contributed by atoms with van der Waals surface area (Å²) in [7, 11) is 0. The lowest BCUT2D eigenvalue weighted by Crippen LogP contribution is -2.11. The van der Waals surface area contributed by atoms with Crippen LogP contribution in [0.3, 0.4) is 0 Å². The number of aromatic nitrogens is 1. The molecule has 1 N–H and O–H groups in total. The fourth-order valence-corrected chi connectivity index (χ4v) is 4.12.